The average Bonchev–Trinajstić information content (AvgIpc) is 2.83. The number of amides is 1. The van der Waals surface area contributed by atoms with Crippen LogP contribution in [0.2, 0.25) is 0 Å². The number of ether oxygens (including phenoxy) is 2. The van der Waals surface area contributed by atoms with Crippen molar-refractivity contribution in [3.63, 3.8) is 0 Å². The third-order valence-electron chi connectivity index (χ3n) is 5.72. The molecule has 2 aromatic carbocycles. The maximum Gasteiger partial charge on any atom is 0.229 e. The van der Waals surface area contributed by atoms with Crippen LogP contribution in [0.3, 0.4) is 0 Å². The molecular formula is C24H25N3O3S. The van der Waals surface area contributed by atoms with E-state index in [0.717, 1.165) is 29.4 Å². The Kier molecular flexibility index (Phi) is 6.50. The van der Waals surface area contributed by atoms with Crippen LogP contribution in [0.25, 0.3) is 0 Å². The maximum atomic E-state index is 13.1. The van der Waals surface area contributed by atoms with Gasteiger partial charge in [-0.15, -0.1) is 0 Å². The van der Waals surface area contributed by atoms with E-state index in [9.17, 15) is 10.1 Å². The Bertz CT molecular complexity index is 1030. The smallest absolute Gasteiger partial charge is 0.229 e. The summed E-state index contributed by atoms with van der Waals surface area (Å²) in [5.74, 6) is 1.76. The number of methoxy groups -OCH3 is 2. The summed E-state index contributed by atoms with van der Waals surface area (Å²) in [5.41, 5.74) is 2.83. The molecule has 7 heteroatoms. The molecule has 6 nitrogen and oxygen atoms in total. The largest absolute Gasteiger partial charge is 0.493 e. The van der Waals surface area contributed by atoms with E-state index in [1.54, 1.807) is 30.9 Å². The first-order valence-corrected chi connectivity index (χ1v) is 11.2. The summed E-state index contributed by atoms with van der Waals surface area (Å²) in [6.07, 6.45) is 1.21. The Morgan fingerprint density at radius 2 is 1.90 bits per heavy atom. The molecule has 1 fully saturated rings. The average molecular weight is 436 g/mol. The van der Waals surface area contributed by atoms with E-state index in [-0.39, 0.29) is 18.2 Å². The second kappa shape index (κ2) is 9.46. The number of allylic oxidation sites excluding steroid dienone is 1. The molecule has 4 rings (SSSR count). The third kappa shape index (κ3) is 4.41. The summed E-state index contributed by atoms with van der Waals surface area (Å²) < 4.78 is 10.7. The highest BCUT2D eigenvalue weighted by Crippen LogP contribution is 2.44. The van der Waals surface area contributed by atoms with Crippen LogP contribution in [0, 0.1) is 11.3 Å². The fourth-order valence-corrected chi connectivity index (χ4v) is 5.21. The zero-order valence-corrected chi connectivity index (χ0v) is 18.5. The SMILES string of the molecule is COc1ccc([C@@H]2CC(=O)N3CN(CCc4ccccc4)CSC3=C2C#N)cc1OC. The van der Waals surface area contributed by atoms with Gasteiger partial charge in [0.2, 0.25) is 5.91 Å². The van der Waals surface area contributed by atoms with Crippen LogP contribution in [0.15, 0.2) is 59.1 Å². The molecule has 160 valence electrons. The van der Waals surface area contributed by atoms with Crippen molar-refractivity contribution >= 4 is 17.7 Å². The normalized spacial score (nSPS) is 19.1. The molecule has 2 heterocycles. The fraction of sp³-hybridized carbons (Fsp3) is 0.333. The zero-order valence-electron chi connectivity index (χ0n) is 17.7. The Hall–Kier alpha value is -2.95. The molecule has 31 heavy (non-hydrogen) atoms. The van der Waals surface area contributed by atoms with Crippen molar-refractivity contribution in [3.8, 4) is 17.6 Å². The van der Waals surface area contributed by atoms with Crippen molar-refractivity contribution < 1.29 is 14.3 Å². The zero-order chi connectivity index (χ0) is 21.8. The van der Waals surface area contributed by atoms with E-state index in [4.69, 9.17) is 9.47 Å². The predicted octanol–water partition coefficient (Wildman–Crippen LogP) is 3.96. The number of nitriles is 1. The van der Waals surface area contributed by atoms with Gasteiger partial charge in [0.15, 0.2) is 11.5 Å². The molecule has 2 aliphatic rings. The molecule has 0 unspecified atom stereocenters. The summed E-state index contributed by atoms with van der Waals surface area (Å²) >= 11 is 1.58. The summed E-state index contributed by atoms with van der Waals surface area (Å²) in [6, 6.07) is 18.3. The maximum absolute atomic E-state index is 13.1. The minimum atomic E-state index is -0.271. The topological polar surface area (TPSA) is 65.8 Å². The minimum absolute atomic E-state index is 0.0469. The Morgan fingerprint density at radius 1 is 1.13 bits per heavy atom. The highest BCUT2D eigenvalue weighted by molar-refractivity contribution is 8.03. The quantitative estimate of drug-likeness (QED) is 0.684. The Morgan fingerprint density at radius 3 is 2.61 bits per heavy atom. The van der Waals surface area contributed by atoms with E-state index in [2.05, 4.69) is 23.1 Å². The van der Waals surface area contributed by atoms with Crippen LogP contribution in [0.5, 0.6) is 11.5 Å². The van der Waals surface area contributed by atoms with Crippen LogP contribution in [0.4, 0.5) is 0 Å². The van der Waals surface area contributed by atoms with Gasteiger partial charge < -0.3 is 9.47 Å². The Balaban J connectivity index is 1.54. The van der Waals surface area contributed by atoms with Gasteiger partial charge in [-0.25, -0.2) is 0 Å². The first-order valence-electron chi connectivity index (χ1n) is 10.2. The van der Waals surface area contributed by atoms with Crippen molar-refractivity contribution in [3.05, 3.63) is 70.3 Å². The highest BCUT2D eigenvalue weighted by Gasteiger charge is 2.38. The van der Waals surface area contributed by atoms with E-state index in [1.807, 2.05) is 36.4 Å². The van der Waals surface area contributed by atoms with Crippen LogP contribution in [-0.2, 0) is 11.2 Å². The number of hydrogen-bond acceptors (Lipinski definition) is 6. The molecule has 0 N–H and O–H groups in total. The first-order chi connectivity index (χ1) is 15.1. The molecule has 2 aliphatic heterocycles. The third-order valence-corrected chi connectivity index (χ3v) is 6.93. The van der Waals surface area contributed by atoms with Gasteiger partial charge in [-0.3, -0.25) is 14.6 Å². The Labute approximate surface area is 187 Å². The highest BCUT2D eigenvalue weighted by atomic mass is 32.2. The van der Waals surface area contributed by atoms with E-state index in [0.29, 0.717) is 23.7 Å². The second-order valence-corrected chi connectivity index (χ2v) is 8.50. The van der Waals surface area contributed by atoms with Gasteiger partial charge in [0.05, 0.1) is 43.4 Å². The number of hydrogen-bond donors (Lipinski definition) is 0. The fourth-order valence-electron chi connectivity index (χ4n) is 4.03. The van der Waals surface area contributed by atoms with Crippen molar-refractivity contribution in [2.45, 2.75) is 18.8 Å². The van der Waals surface area contributed by atoms with Crippen LogP contribution < -0.4 is 9.47 Å². The molecule has 0 aliphatic carbocycles. The molecule has 2 aromatic rings. The number of nitrogens with zero attached hydrogens (tertiary/aromatic N) is 3. The summed E-state index contributed by atoms with van der Waals surface area (Å²) in [5, 5.41) is 10.8. The number of carbonyl (C=O) groups is 1. The predicted molar refractivity (Wildman–Crippen MR) is 121 cm³/mol. The van der Waals surface area contributed by atoms with Gasteiger partial charge in [0.1, 0.15) is 0 Å². The van der Waals surface area contributed by atoms with Gasteiger partial charge in [0, 0.05) is 18.9 Å². The van der Waals surface area contributed by atoms with E-state index < -0.39 is 0 Å². The van der Waals surface area contributed by atoms with Gasteiger partial charge in [-0.1, -0.05) is 48.2 Å². The van der Waals surface area contributed by atoms with Gasteiger partial charge in [-0.2, -0.15) is 5.26 Å². The van der Waals surface area contributed by atoms with Crippen molar-refractivity contribution in [2.75, 3.05) is 33.3 Å². The molecule has 0 radical (unpaired) electrons. The first kappa shape index (κ1) is 21.3. The summed E-state index contributed by atoms with van der Waals surface area (Å²) in [4.78, 5) is 17.1. The van der Waals surface area contributed by atoms with Crippen molar-refractivity contribution in [1.29, 1.82) is 5.26 Å². The molecule has 1 saturated heterocycles. The number of carbonyl (C=O) groups excluding carboxylic acids is 1. The molecule has 0 saturated carbocycles. The monoisotopic (exact) mass is 435 g/mol. The second-order valence-electron chi connectivity index (χ2n) is 7.57. The number of rotatable bonds is 6. The molecule has 0 aromatic heterocycles. The molecular weight excluding hydrogens is 410 g/mol. The van der Waals surface area contributed by atoms with Gasteiger partial charge in [-0.05, 0) is 29.7 Å². The van der Waals surface area contributed by atoms with Crippen molar-refractivity contribution in [2.24, 2.45) is 0 Å². The number of fused-ring (bicyclic) bond motifs is 1. The van der Waals surface area contributed by atoms with Crippen LogP contribution in [0.1, 0.15) is 23.5 Å². The standard InChI is InChI=1S/C24H25N3O3S/c1-29-21-9-8-18(12-22(21)30-2)19-13-23(28)27-15-26(16-31-24(27)20(19)14-25)11-10-17-6-4-3-5-7-17/h3-9,12,19H,10-11,13,15-16H2,1-2H3/t19-/m0/s1. The number of thioether (sulfide) groups is 1. The summed E-state index contributed by atoms with van der Waals surface area (Å²) in [7, 11) is 3.17. The number of benzene rings is 2. The van der Waals surface area contributed by atoms with E-state index in [1.165, 1.54) is 5.56 Å². The molecule has 0 spiro atoms. The lowest BCUT2D eigenvalue weighted by Gasteiger charge is -2.41. The molecule has 1 atom stereocenters. The van der Waals surface area contributed by atoms with Gasteiger partial charge in [0.25, 0.3) is 0 Å². The molecule has 0 bridgehead atoms. The van der Waals surface area contributed by atoms with E-state index >= 15 is 0 Å². The van der Waals surface area contributed by atoms with Gasteiger partial charge >= 0.3 is 0 Å². The molecule has 1 amide bonds. The lowest BCUT2D eigenvalue weighted by Crippen LogP contribution is -2.47. The van der Waals surface area contributed by atoms with Crippen molar-refractivity contribution in [1.82, 2.24) is 9.80 Å². The lowest BCUT2D eigenvalue weighted by molar-refractivity contribution is -0.131. The lowest BCUT2D eigenvalue weighted by atomic mass is 9.86. The minimum Gasteiger partial charge on any atom is -0.493 e. The van der Waals surface area contributed by atoms with Crippen LogP contribution in [-0.4, -0.2) is 49.0 Å². The van der Waals surface area contributed by atoms with Crippen LogP contribution >= 0.6 is 11.8 Å². The summed E-state index contributed by atoms with van der Waals surface area (Å²) in [6.45, 7) is 1.40.